The van der Waals surface area contributed by atoms with Gasteiger partial charge in [-0.15, -0.1) is 0 Å². The topological polar surface area (TPSA) is 119 Å². The molecule has 2 aromatic rings. The first-order valence-corrected chi connectivity index (χ1v) is 9.48. The highest BCUT2D eigenvalue weighted by molar-refractivity contribution is 7.80. The number of hydrogen-bond acceptors (Lipinski definition) is 6. The Morgan fingerprint density at radius 3 is 1.62 bits per heavy atom. The Kier molecular flexibility index (Phi) is 9.33. The molecule has 6 N–H and O–H groups in total. The number of rotatable bonds is 10. The summed E-state index contributed by atoms with van der Waals surface area (Å²) in [6, 6.07) is 15.1. The number of benzene rings is 2. The van der Waals surface area contributed by atoms with E-state index in [9.17, 15) is 0 Å². The van der Waals surface area contributed by atoms with Crippen LogP contribution in [0.15, 0.2) is 58.7 Å². The van der Waals surface area contributed by atoms with Crippen molar-refractivity contribution in [2.75, 3.05) is 13.2 Å². The molecule has 0 saturated heterocycles. The summed E-state index contributed by atoms with van der Waals surface area (Å²) in [6.07, 6.45) is 3.89. The van der Waals surface area contributed by atoms with Crippen LogP contribution in [0.3, 0.4) is 0 Å². The first-order valence-electron chi connectivity index (χ1n) is 8.67. The average molecular weight is 431 g/mol. The molecular weight excluding hydrogens is 408 g/mol. The maximum atomic E-state index is 5.83. The molecule has 0 fully saturated rings. The fraction of sp³-hybridized carbons (Fsp3) is 0.158. The maximum Gasteiger partial charge on any atom is 0.184 e. The molecule has 0 spiro atoms. The van der Waals surface area contributed by atoms with Crippen molar-refractivity contribution in [2.24, 2.45) is 21.7 Å². The van der Waals surface area contributed by atoms with Gasteiger partial charge in [0.15, 0.2) is 10.2 Å². The molecular formula is C19H22N6O2S2. The van der Waals surface area contributed by atoms with Gasteiger partial charge in [0.05, 0.1) is 25.6 Å². The number of nitrogens with two attached hydrogens (primary N) is 2. The summed E-state index contributed by atoms with van der Waals surface area (Å²) in [5, 5.41) is 8.10. The van der Waals surface area contributed by atoms with Gasteiger partial charge in [-0.1, -0.05) is 24.3 Å². The first kappa shape index (κ1) is 22.1. The minimum Gasteiger partial charge on any atom is -0.493 e. The summed E-state index contributed by atoms with van der Waals surface area (Å²) < 4.78 is 11.7. The highest BCUT2D eigenvalue weighted by Crippen LogP contribution is 2.17. The Labute approximate surface area is 179 Å². The molecule has 0 atom stereocenters. The van der Waals surface area contributed by atoms with E-state index in [1.54, 1.807) is 12.4 Å². The van der Waals surface area contributed by atoms with Crippen LogP contribution in [0.1, 0.15) is 17.5 Å². The van der Waals surface area contributed by atoms with E-state index in [0.717, 1.165) is 11.1 Å². The van der Waals surface area contributed by atoms with Crippen molar-refractivity contribution < 1.29 is 9.47 Å². The monoisotopic (exact) mass is 430 g/mol. The van der Waals surface area contributed by atoms with E-state index in [2.05, 4.69) is 21.1 Å². The van der Waals surface area contributed by atoms with Gasteiger partial charge < -0.3 is 20.9 Å². The predicted molar refractivity (Wildman–Crippen MR) is 124 cm³/mol. The Hall–Kier alpha value is -3.24. The van der Waals surface area contributed by atoms with Gasteiger partial charge in [-0.05, 0) is 48.7 Å². The fourth-order valence-electron chi connectivity index (χ4n) is 2.19. The lowest BCUT2D eigenvalue weighted by Gasteiger charge is -2.11. The molecule has 0 aliphatic heterocycles. The SMILES string of the molecule is NC(=S)N/N=C/c1ccccc1OCCCOc1ccccc1/C=N/NC(N)=S. The van der Waals surface area contributed by atoms with Gasteiger partial charge in [0, 0.05) is 17.5 Å². The van der Waals surface area contributed by atoms with E-state index in [-0.39, 0.29) is 10.2 Å². The minimum atomic E-state index is 0.101. The Bertz CT molecular complexity index is 817. The molecule has 0 heterocycles. The van der Waals surface area contributed by atoms with E-state index in [1.807, 2.05) is 48.5 Å². The van der Waals surface area contributed by atoms with Crippen LogP contribution in [-0.4, -0.2) is 35.9 Å². The summed E-state index contributed by atoms with van der Waals surface area (Å²) in [5.74, 6) is 1.41. The third kappa shape index (κ3) is 8.54. The molecule has 0 amide bonds. The van der Waals surface area contributed by atoms with Crippen molar-refractivity contribution in [1.29, 1.82) is 0 Å². The standard InChI is InChI=1S/C19H22N6O2S2/c20-18(28)24-22-12-14-6-1-3-8-16(14)26-10-5-11-27-17-9-4-2-7-15(17)13-23-25-19(21)29/h1-4,6-9,12-13H,5,10-11H2,(H3,20,24,28)(H3,21,25,29)/b22-12+,23-13+. The molecule has 0 bridgehead atoms. The van der Waals surface area contributed by atoms with Gasteiger partial charge in [-0.2, -0.15) is 10.2 Å². The summed E-state index contributed by atoms with van der Waals surface area (Å²) in [7, 11) is 0. The zero-order chi connectivity index (χ0) is 20.9. The minimum absolute atomic E-state index is 0.101. The van der Waals surface area contributed by atoms with E-state index in [1.165, 1.54) is 0 Å². The molecule has 0 aliphatic rings. The molecule has 0 unspecified atom stereocenters. The number of nitrogens with one attached hydrogen (secondary N) is 2. The number of thiocarbonyl (C=S) groups is 2. The molecule has 10 heteroatoms. The fourth-order valence-corrected chi connectivity index (χ4v) is 2.30. The Balaban J connectivity index is 1.82. The smallest absolute Gasteiger partial charge is 0.184 e. The molecule has 29 heavy (non-hydrogen) atoms. The second-order valence-electron chi connectivity index (χ2n) is 5.59. The van der Waals surface area contributed by atoms with Crippen LogP contribution in [-0.2, 0) is 0 Å². The normalized spacial score (nSPS) is 10.8. The Morgan fingerprint density at radius 2 is 1.21 bits per heavy atom. The quantitative estimate of drug-likeness (QED) is 0.195. The molecule has 0 radical (unpaired) electrons. The lowest BCUT2D eigenvalue weighted by Crippen LogP contribution is -2.24. The number of nitrogens with zero attached hydrogens (tertiary/aromatic N) is 2. The van der Waals surface area contributed by atoms with Crippen molar-refractivity contribution in [1.82, 2.24) is 10.9 Å². The van der Waals surface area contributed by atoms with Gasteiger partial charge in [-0.3, -0.25) is 10.9 Å². The first-order chi connectivity index (χ1) is 14.1. The van der Waals surface area contributed by atoms with Gasteiger partial charge in [0.1, 0.15) is 11.5 Å². The van der Waals surface area contributed by atoms with Crippen LogP contribution in [0, 0.1) is 0 Å². The van der Waals surface area contributed by atoms with Crippen molar-refractivity contribution in [3.63, 3.8) is 0 Å². The Morgan fingerprint density at radius 1 is 0.793 bits per heavy atom. The van der Waals surface area contributed by atoms with E-state index in [0.29, 0.717) is 31.1 Å². The molecule has 0 saturated carbocycles. The number of ether oxygens (including phenoxy) is 2. The van der Waals surface area contributed by atoms with Crippen LogP contribution in [0.5, 0.6) is 11.5 Å². The second-order valence-corrected chi connectivity index (χ2v) is 6.47. The number of hydrazone groups is 2. The zero-order valence-corrected chi connectivity index (χ0v) is 17.2. The van der Waals surface area contributed by atoms with Gasteiger partial charge in [0.25, 0.3) is 0 Å². The van der Waals surface area contributed by atoms with Crippen LogP contribution in [0.2, 0.25) is 0 Å². The van der Waals surface area contributed by atoms with Crippen LogP contribution in [0.25, 0.3) is 0 Å². The average Bonchev–Trinajstić information content (AvgIpc) is 2.69. The van der Waals surface area contributed by atoms with E-state index in [4.69, 9.17) is 45.4 Å². The summed E-state index contributed by atoms with van der Waals surface area (Å²) >= 11 is 9.42. The largest absolute Gasteiger partial charge is 0.493 e. The van der Waals surface area contributed by atoms with Crippen LogP contribution in [0.4, 0.5) is 0 Å². The molecule has 8 nitrogen and oxygen atoms in total. The van der Waals surface area contributed by atoms with Crippen molar-refractivity contribution in [3.8, 4) is 11.5 Å². The van der Waals surface area contributed by atoms with E-state index < -0.39 is 0 Å². The van der Waals surface area contributed by atoms with Crippen molar-refractivity contribution >= 4 is 47.1 Å². The maximum absolute atomic E-state index is 5.83. The third-order valence-electron chi connectivity index (χ3n) is 3.40. The van der Waals surface area contributed by atoms with Gasteiger partial charge >= 0.3 is 0 Å². The zero-order valence-electron chi connectivity index (χ0n) is 15.6. The summed E-state index contributed by atoms with van der Waals surface area (Å²) in [4.78, 5) is 0. The lowest BCUT2D eigenvalue weighted by atomic mass is 10.2. The second kappa shape index (κ2) is 12.3. The molecule has 152 valence electrons. The third-order valence-corrected chi connectivity index (χ3v) is 3.58. The van der Waals surface area contributed by atoms with Gasteiger partial charge in [0.2, 0.25) is 0 Å². The predicted octanol–water partition coefficient (Wildman–Crippen LogP) is 1.87. The molecule has 0 aliphatic carbocycles. The van der Waals surface area contributed by atoms with Crippen molar-refractivity contribution in [3.05, 3.63) is 59.7 Å². The highest BCUT2D eigenvalue weighted by atomic mass is 32.1. The van der Waals surface area contributed by atoms with Gasteiger partial charge in [-0.25, -0.2) is 0 Å². The molecule has 2 rings (SSSR count). The lowest BCUT2D eigenvalue weighted by molar-refractivity contribution is 0.247. The van der Waals surface area contributed by atoms with Crippen LogP contribution < -0.4 is 31.8 Å². The van der Waals surface area contributed by atoms with E-state index >= 15 is 0 Å². The van der Waals surface area contributed by atoms with Crippen LogP contribution >= 0.6 is 24.4 Å². The summed E-state index contributed by atoms with van der Waals surface area (Å²) in [6.45, 7) is 0.958. The number of para-hydroxylation sites is 2. The summed E-state index contributed by atoms with van der Waals surface area (Å²) in [5.41, 5.74) is 17.3. The highest BCUT2D eigenvalue weighted by Gasteiger charge is 2.03. The molecule has 2 aromatic carbocycles. The number of hydrogen-bond donors (Lipinski definition) is 4. The van der Waals surface area contributed by atoms with Crippen molar-refractivity contribution in [2.45, 2.75) is 6.42 Å². The molecule has 0 aromatic heterocycles.